The number of hydrogen-bond donors (Lipinski definition) is 1. The maximum absolute atomic E-state index is 5.65. The normalized spacial score (nSPS) is 12.1. The van der Waals surface area contributed by atoms with Crippen LogP contribution in [0.2, 0.25) is 0 Å². The minimum absolute atomic E-state index is 0.0826. The van der Waals surface area contributed by atoms with Gasteiger partial charge in [-0.15, -0.1) is 0 Å². The van der Waals surface area contributed by atoms with Gasteiger partial charge in [-0.2, -0.15) is 5.10 Å². The standard InChI is InChI=1S/C11H20BrN3/c1-4-7-15-10(9(12)8-14-15)11(2,3)5-6-13/h8H,4-7,13H2,1-3H3. The predicted octanol–water partition coefficient (Wildman–Crippen LogP) is 2.68. The molecule has 0 aliphatic rings. The number of hydrogen-bond acceptors (Lipinski definition) is 2. The van der Waals surface area contributed by atoms with E-state index in [0.29, 0.717) is 6.54 Å². The lowest BCUT2D eigenvalue weighted by Crippen LogP contribution is -2.26. The van der Waals surface area contributed by atoms with Gasteiger partial charge in [0.1, 0.15) is 0 Å². The number of nitrogens with zero attached hydrogens (tertiary/aromatic N) is 2. The van der Waals surface area contributed by atoms with Crippen molar-refractivity contribution in [1.82, 2.24) is 9.78 Å². The van der Waals surface area contributed by atoms with Crippen molar-refractivity contribution < 1.29 is 0 Å². The summed E-state index contributed by atoms with van der Waals surface area (Å²) < 4.78 is 3.18. The van der Waals surface area contributed by atoms with Crippen molar-refractivity contribution >= 4 is 15.9 Å². The third-order valence-electron chi connectivity index (χ3n) is 2.64. The van der Waals surface area contributed by atoms with E-state index in [-0.39, 0.29) is 5.41 Å². The first-order valence-corrected chi connectivity index (χ1v) is 6.24. The van der Waals surface area contributed by atoms with E-state index in [4.69, 9.17) is 5.73 Å². The quantitative estimate of drug-likeness (QED) is 0.897. The van der Waals surface area contributed by atoms with E-state index in [2.05, 4.69) is 46.5 Å². The van der Waals surface area contributed by atoms with E-state index in [0.717, 1.165) is 23.9 Å². The third kappa shape index (κ3) is 2.82. The van der Waals surface area contributed by atoms with Gasteiger partial charge < -0.3 is 5.73 Å². The van der Waals surface area contributed by atoms with Crippen LogP contribution in [-0.2, 0) is 12.0 Å². The summed E-state index contributed by atoms with van der Waals surface area (Å²) in [6.45, 7) is 8.27. The summed E-state index contributed by atoms with van der Waals surface area (Å²) in [5.74, 6) is 0. The van der Waals surface area contributed by atoms with E-state index in [1.54, 1.807) is 0 Å². The van der Waals surface area contributed by atoms with Gasteiger partial charge >= 0.3 is 0 Å². The number of rotatable bonds is 5. The van der Waals surface area contributed by atoms with E-state index < -0.39 is 0 Å². The monoisotopic (exact) mass is 273 g/mol. The first kappa shape index (κ1) is 12.7. The fourth-order valence-electron chi connectivity index (χ4n) is 1.90. The molecule has 0 spiro atoms. The summed E-state index contributed by atoms with van der Waals surface area (Å²) >= 11 is 3.57. The smallest absolute Gasteiger partial charge is 0.0635 e. The molecular weight excluding hydrogens is 254 g/mol. The molecule has 1 rings (SSSR count). The topological polar surface area (TPSA) is 43.8 Å². The van der Waals surface area contributed by atoms with Gasteiger partial charge in [0, 0.05) is 12.0 Å². The Morgan fingerprint density at radius 3 is 2.73 bits per heavy atom. The number of nitrogens with two attached hydrogens (primary N) is 1. The minimum atomic E-state index is 0.0826. The molecule has 0 atom stereocenters. The van der Waals surface area contributed by atoms with Crippen LogP contribution in [0.25, 0.3) is 0 Å². The van der Waals surface area contributed by atoms with Crippen molar-refractivity contribution in [3.8, 4) is 0 Å². The molecule has 86 valence electrons. The maximum Gasteiger partial charge on any atom is 0.0635 e. The second-order valence-corrected chi connectivity index (χ2v) is 5.34. The fourth-order valence-corrected chi connectivity index (χ4v) is 2.73. The fraction of sp³-hybridized carbons (Fsp3) is 0.727. The first-order valence-electron chi connectivity index (χ1n) is 5.44. The Bertz CT molecular complexity index is 318. The molecule has 0 saturated heterocycles. The SMILES string of the molecule is CCCn1ncc(Br)c1C(C)(C)CCN. The van der Waals surface area contributed by atoms with E-state index in [1.165, 1.54) is 5.69 Å². The lowest BCUT2D eigenvalue weighted by molar-refractivity contribution is 0.425. The Hall–Kier alpha value is -0.350. The van der Waals surface area contributed by atoms with Crippen molar-refractivity contribution in [1.29, 1.82) is 0 Å². The molecule has 0 radical (unpaired) electrons. The summed E-state index contributed by atoms with van der Waals surface area (Å²) in [5.41, 5.74) is 6.99. The molecule has 1 aromatic rings. The highest BCUT2D eigenvalue weighted by atomic mass is 79.9. The average molecular weight is 274 g/mol. The molecule has 2 N–H and O–H groups in total. The Labute approximate surface area is 100 Å². The number of halogens is 1. The molecule has 3 nitrogen and oxygen atoms in total. The van der Waals surface area contributed by atoms with Gasteiger partial charge in [0.2, 0.25) is 0 Å². The second-order valence-electron chi connectivity index (χ2n) is 4.49. The van der Waals surface area contributed by atoms with Gasteiger partial charge in [-0.3, -0.25) is 4.68 Å². The van der Waals surface area contributed by atoms with Crippen LogP contribution in [0, 0.1) is 0 Å². The molecule has 0 fully saturated rings. The highest BCUT2D eigenvalue weighted by Gasteiger charge is 2.26. The van der Waals surface area contributed by atoms with Crippen molar-refractivity contribution in [2.45, 2.75) is 45.6 Å². The van der Waals surface area contributed by atoms with Crippen molar-refractivity contribution in [3.63, 3.8) is 0 Å². The van der Waals surface area contributed by atoms with Crippen molar-refractivity contribution in [3.05, 3.63) is 16.4 Å². The molecule has 0 aliphatic carbocycles. The van der Waals surface area contributed by atoms with Gasteiger partial charge in [0.25, 0.3) is 0 Å². The summed E-state index contributed by atoms with van der Waals surface area (Å²) in [7, 11) is 0. The highest BCUT2D eigenvalue weighted by Crippen LogP contribution is 2.32. The zero-order valence-corrected chi connectivity index (χ0v) is 11.3. The Morgan fingerprint density at radius 1 is 1.53 bits per heavy atom. The summed E-state index contributed by atoms with van der Waals surface area (Å²) in [6, 6.07) is 0. The van der Waals surface area contributed by atoms with Crippen molar-refractivity contribution in [2.24, 2.45) is 5.73 Å². The van der Waals surface area contributed by atoms with Crippen LogP contribution in [0.3, 0.4) is 0 Å². The minimum Gasteiger partial charge on any atom is -0.330 e. The van der Waals surface area contributed by atoms with Crippen LogP contribution in [0.1, 0.15) is 39.3 Å². The Balaban J connectivity index is 3.04. The van der Waals surface area contributed by atoms with Crippen LogP contribution < -0.4 is 5.73 Å². The van der Waals surface area contributed by atoms with Crippen LogP contribution in [0.15, 0.2) is 10.7 Å². The first-order chi connectivity index (χ1) is 7.03. The average Bonchev–Trinajstić information content (AvgIpc) is 2.48. The highest BCUT2D eigenvalue weighted by molar-refractivity contribution is 9.10. The van der Waals surface area contributed by atoms with Gasteiger partial charge in [-0.05, 0) is 35.3 Å². The van der Waals surface area contributed by atoms with Crippen molar-refractivity contribution in [2.75, 3.05) is 6.54 Å². The van der Waals surface area contributed by atoms with E-state index in [1.807, 2.05) is 6.20 Å². The summed E-state index contributed by atoms with van der Waals surface area (Å²) in [5, 5.41) is 4.38. The molecule has 1 heterocycles. The lowest BCUT2D eigenvalue weighted by Gasteiger charge is -2.25. The lowest BCUT2D eigenvalue weighted by atomic mass is 9.85. The van der Waals surface area contributed by atoms with Gasteiger partial charge in [0.05, 0.1) is 16.4 Å². The summed E-state index contributed by atoms with van der Waals surface area (Å²) in [6.07, 6.45) is 3.95. The predicted molar refractivity (Wildman–Crippen MR) is 66.9 cm³/mol. The van der Waals surface area contributed by atoms with Crippen LogP contribution >= 0.6 is 15.9 Å². The molecule has 4 heteroatoms. The molecule has 0 aromatic carbocycles. The van der Waals surface area contributed by atoms with Gasteiger partial charge in [-0.25, -0.2) is 0 Å². The van der Waals surface area contributed by atoms with Crippen LogP contribution in [0.4, 0.5) is 0 Å². The zero-order chi connectivity index (χ0) is 11.5. The molecular formula is C11H20BrN3. The molecule has 0 bridgehead atoms. The van der Waals surface area contributed by atoms with Gasteiger partial charge in [0.15, 0.2) is 0 Å². The van der Waals surface area contributed by atoms with E-state index >= 15 is 0 Å². The third-order valence-corrected chi connectivity index (χ3v) is 3.22. The molecule has 0 unspecified atom stereocenters. The van der Waals surface area contributed by atoms with Crippen LogP contribution in [-0.4, -0.2) is 16.3 Å². The molecule has 0 amide bonds. The van der Waals surface area contributed by atoms with E-state index in [9.17, 15) is 0 Å². The largest absolute Gasteiger partial charge is 0.330 e. The van der Waals surface area contributed by atoms with Gasteiger partial charge in [-0.1, -0.05) is 20.8 Å². The number of aromatic nitrogens is 2. The molecule has 0 saturated carbocycles. The molecule has 15 heavy (non-hydrogen) atoms. The maximum atomic E-state index is 5.65. The number of aryl methyl sites for hydroxylation is 1. The second kappa shape index (κ2) is 5.12. The van der Waals surface area contributed by atoms with Crippen LogP contribution in [0.5, 0.6) is 0 Å². The Kier molecular flexibility index (Phi) is 4.34. The summed E-state index contributed by atoms with van der Waals surface area (Å²) in [4.78, 5) is 0. The Morgan fingerprint density at radius 2 is 2.20 bits per heavy atom. The molecule has 0 aliphatic heterocycles. The zero-order valence-electron chi connectivity index (χ0n) is 9.76. The molecule has 1 aromatic heterocycles.